The number of fused-ring (bicyclic) bond motifs is 4. The molecule has 1 saturated carbocycles. The number of carbonyl (C=O) groups excluding carboxylic acids is 1. The van der Waals surface area contributed by atoms with Crippen LogP contribution in [0.5, 0.6) is 0 Å². The highest BCUT2D eigenvalue weighted by molar-refractivity contribution is 7.19. The number of hydrogen-bond donors (Lipinski definition) is 0. The van der Waals surface area contributed by atoms with Crippen LogP contribution in [0.4, 0.5) is 5.00 Å². The van der Waals surface area contributed by atoms with Gasteiger partial charge in [-0.2, -0.15) is 0 Å². The van der Waals surface area contributed by atoms with E-state index in [9.17, 15) is 4.79 Å². The zero-order chi connectivity index (χ0) is 17.1. The number of halogens is 3. The maximum absolute atomic E-state index is 13.2. The summed E-state index contributed by atoms with van der Waals surface area (Å²) < 4.78 is -1.11. The summed E-state index contributed by atoms with van der Waals surface area (Å²) in [5, 5.41) is 1.64. The Bertz CT molecular complexity index is 879. The Kier molecular flexibility index (Phi) is 3.69. The van der Waals surface area contributed by atoms with E-state index in [1.54, 1.807) is 23.4 Å². The fraction of sp³-hybridized carbons (Fsp3) is 0.312. The van der Waals surface area contributed by atoms with E-state index < -0.39 is 9.75 Å². The van der Waals surface area contributed by atoms with E-state index in [1.807, 2.05) is 19.1 Å². The second-order valence-corrected chi connectivity index (χ2v) is 8.63. The molecular weight excluding hydrogens is 389 g/mol. The fourth-order valence-corrected chi connectivity index (χ4v) is 5.06. The Morgan fingerprint density at radius 3 is 2.83 bits per heavy atom. The molecule has 1 amide bonds. The SMILES string of the molecule is CCN1C(=O)C2(/C=C/c3ccncc3-c3nc(Cl)c1s3)CC2(Cl)Cl. The van der Waals surface area contributed by atoms with E-state index in [4.69, 9.17) is 34.8 Å². The lowest BCUT2D eigenvalue weighted by atomic mass is 10.0. The number of anilines is 1. The van der Waals surface area contributed by atoms with Crippen molar-refractivity contribution in [2.75, 3.05) is 11.4 Å². The maximum Gasteiger partial charge on any atom is 0.240 e. The van der Waals surface area contributed by atoms with Gasteiger partial charge in [0.05, 0.1) is 0 Å². The van der Waals surface area contributed by atoms with Gasteiger partial charge in [0.15, 0.2) is 5.15 Å². The van der Waals surface area contributed by atoms with Gasteiger partial charge in [0.25, 0.3) is 0 Å². The second kappa shape index (κ2) is 5.43. The van der Waals surface area contributed by atoms with Crippen molar-refractivity contribution in [2.45, 2.75) is 17.7 Å². The van der Waals surface area contributed by atoms with Crippen molar-refractivity contribution in [3.63, 3.8) is 0 Å². The molecule has 3 heterocycles. The predicted octanol–water partition coefficient (Wildman–Crippen LogP) is 4.80. The van der Waals surface area contributed by atoms with Gasteiger partial charge in [-0.05, 0) is 18.6 Å². The van der Waals surface area contributed by atoms with Gasteiger partial charge < -0.3 is 4.90 Å². The fourth-order valence-electron chi connectivity index (χ4n) is 2.95. The first-order chi connectivity index (χ1) is 11.4. The molecule has 1 spiro atoms. The van der Waals surface area contributed by atoms with Crippen molar-refractivity contribution in [2.24, 2.45) is 5.41 Å². The molecule has 2 aromatic rings. The quantitative estimate of drug-likeness (QED) is 0.646. The Morgan fingerprint density at radius 2 is 2.17 bits per heavy atom. The normalized spacial score (nSPS) is 25.5. The lowest BCUT2D eigenvalue weighted by Gasteiger charge is -2.25. The molecule has 2 aliphatic rings. The maximum atomic E-state index is 13.2. The highest BCUT2D eigenvalue weighted by atomic mass is 35.5. The number of nitrogens with zero attached hydrogens (tertiary/aromatic N) is 3. The number of carbonyl (C=O) groups is 1. The average molecular weight is 401 g/mol. The van der Waals surface area contributed by atoms with Crippen molar-refractivity contribution in [1.29, 1.82) is 0 Å². The third kappa shape index (κ3) is 2.22. The average Bonchev–Trinajstić information content (AvgIpc) is 2.92. The Morgan fingerprint density at radius 1 is 1.42 bits per heavy atom. The summed E-state index contributed by atoms with van der Waals surface area (Å²) in [7, 11) is 0. The van der Waals surface area contributed by atoms with E-state index in [2.05, 4.69) is 9.97 Å². The molecule has 8 heteroatoms. The molecule has 2 bridgehead atoms. The van der Waals surface area contributed by atoms with E-state index in [0.717, 1.165) is 16.1 Å². The summed E-state index contributed by atoms with van der Waals surface area (Å²) in [5.74, 6) is -0.152. The van der Waals surface area contributed by atoms with Crippen LogP contribution in [0.25, 0.3) is 16.6 Å². The number of hydrogen-bond acceptors (Lipinski definition) is 4. The van der Waals surface area contributed by atoms with Crippen molar-refractivity contribution < 1.29 is 4.79 Å². The highest BCUT2D eigenvalue weighted by Gasteiger charge is 2.70. The molecule has 0 radical (unpaired) electrons. The topological polar surface area (TPSA) is 46.1 Å². The van der Waals surface area contributed by atoms with E-state index >= 15 is 0 Å². The van der Waals surface area contributed by atoms with Crippen LogP contribution < -0.4 is 4.90 Å². The van der Waals surface area contributed by atoms with Crippen molar-refractivity contribution in [1.82, 2.24) is 9.97 Å². The number of thiazole rings is 1. The van der Waals surface area contributed by atoms with Gasteiger partial charge in [0.1, 0.15) is 19.8 Å². The molecule has 1 unspecified atom stereocenters. The summed E-state index contributed by atoms with van der Waals surface area (Å²) in [4.78, 5) is 23.4. The van der Waals surface area contributed by atoms with Gasteiger partial charge in [0.2, 0.25) is 5.91 Å². The molecule has 4 nitrogen and oxygen atoms in total. The molecular formula is C16H12Cl3N3OS. The Hall–Kier alpha value is -1.14. The van der Waals surface area contributed by atoms with Gasteiger partial charge in [-0.15, -0.1) is 23.2 Å². The zero-order valence-corrected chi connectivity index (χ0v) is 15.7. The molecule has 1 atom stereocenters. The van der Waals surface area contributed by atoms with E-state index in [0.29, 0.717) is 23.1 Å². The first-order valence-corrected chi connectivity index (χ1v) is 9.34. The summed E-state index contributed by atoms with van der Waals surface area (Å²) >= 11 is 20.4. The van der Waals surface area contributed by atoms with Crippen LogP contribution in [-0.2, 0) is 4.79 Å². The monoisotopic (exact) mass is 399 g/mol. The van der Waals surface area contributed by atoms with Crippen LogP contribution in [0, 0.1) is 5.41 Å². The van der Waals surface area contributed by atoms with Gasteiger partial charge in [-0.1, -0.05) is 35.1 Å². The largest absolute Gasteiger partial charge is 0.301 e. The minimum absolute atomic E-state index is 0.152. The highest BCUT2D eigenvalue weighted by Crippen LogP contribution is 2.66. The number of aromatic nitrogens is 2. The van der Waals surface area contributed by atoms with Gasteiger partial charge in [-0.3, -0.25) is 9.78 Å². The third-order valence-electron chi connectivity index (χ3n) is 4.42. The summed E-state index contributed by atoms with van der Waals surface area (Å²) in [6, 6.07) is 1.87. The standard InChI is InChI=1S/C16H12Cl3N3OS/c1-2-22-13-11(17)21-12(24-13)10-7-20-6-4-9(10)3-5-15(14(22)23)8-16(15,18)19/h3-7H,2,8H2,1H3/b5-3+. The van der Waals surface area contributed by atoms with Crippen LogP contribution in [0.15, 0.2) is 24.5 Å². The van der Waals surface area contributed by atoms with Crippen molar-refractivity contribution >= 4 is 63.1 Å². The summed E-state index contributed by atoms with van der Waals surface area (Å²) in [6.45, 7) is 2.35. The van der Waals surface area contributed by atoms with Crippen LogP contribution in [0.2, 0.25) is 5.15 Å². The van der Waals surface area contributed by atoms with Crippen LogP contribution in [-0.4, -0.2) is 26.8 Å². The predicted molar refractivity (Wildman–Crippen MR) is 98.9 cm³/mol. The second-order valence-electron chi connectivity index (χ2n) is 5.81. The van der Waals surface area contributed by atoms with Crippen LogP contribution >= 0.6 is 46.1 Å². The van der Waals surface area contributed by atoms with Crippen molar-refractivity contribution in [3.05, 3.63) is 35.3 Å². The molecule has 1 aliphatic carbocycles. The molecule has 0 aromatic carbocycles. The van der Waals surface area contributed by atoms with Gasteiger partial charge in [0, 0.05) is 30.9 Å². The lowest BCUT2D eigenvalue weighted by Crippen LogP contribution is -2.38. The number of rotatable bonds is 1. The smallest absolute Gasteiger partial charge is 0.240 e. The number of amides is 1. The van der Waals surface area contributed by atoms with Gasteiger partial charge >= 0.3 is 0 Å². The molecule has 124 valence electrons. The molecule has 2 aromatic heterocycles. The first-order valence-electron chi connectivity index (χ1n) is 7.39. The Labute approximate surface area is 158 Å². The number of alkyl halides is 2. The minimum Gasteiger partial charge on any atom is -0.301 e. The molecule has 4 rings (SSSR count). The van der Waals surface area contributed by atoms with Crippen molar-refractivity contribution in [3.8, 4) is 10.6 Å². The van der Waals surface area contributed by atoms with E-state index in [1.165, 1.54) is 11.3 Å². The summed E-state index contributed by atoms with van der Waals surface area (Å²) in [6.07, 6.45) is 7.49. The first kappa shape index (κ1) is 16.3. The Balaban J connectivity index is 1.98. The van der Waals surface area contributed by atoms with Gasteiger partial charge in [-0.25, -0.2) is 4.98 Å². The molecule has 1 aliphatic heterocycles. The molecule has 0 N–H and O–H groups in total. The number of pyridine rings is 1. The van der Waals surface area contributed by atoms with Crippen LogP contribution in [0.1, 0.15) is 18.9 Å². The van der Waals surface area contributed by atoms with E-state index in [-0.39, 0.29) is 5.91 Å². The third-order valence-corrected chi connectivity index (χ3v) is 6.85. The summed E-state index contributed by atoms with van der Waals surface area (Å²) in [5.41, 5.74) is 0.815. The van der Waals surface area contributed by atoms with Crippen LogP contribution in [0.3, 0.4) is 0 Å². The molecule has 0 saturated heterocycles. The molecule has 24 heavy (non-hydrogen) atoms. The molecule has 1 fully saturated rings. The zero-order valence-electron chi connectivity index (χ0n) is 12.6. The lowest BCUT2D eigenvalue weighted by molar-refractivity contribution is -0.122. The minimum atomic E-state index is -1.11.